The number of aryl methyl sites for hydroxylation is 1. The van der Waals surface area contributed by atoms with E-state index < -0.39 is 0 Å². The molecular weight excluding hydrogens is 238 g/mol. The van der Waals surface area contributed by atoms with Crippen LogP contribution in [0.4, 0.5) is 0 Å². The molecule has 1 unspecified atom stereocenters. The molecule has 0 aromatic heterocycles. The molecule has 2 rings (SSSR count). The lowest BCUT2D eigenvalue weighted by atomic mass is 10.0. The fourth-order valence-electron chi connectivity index (χ4n) is 2.63. The topological polar surface area (TPSA) is 29.5 Å². The van der Waals surface area contributed by atoms with Crippen LogP contribution in [-0.4, -0.2) is 43.5 Å². The van der Waals surface area contributed by atoms with Gasteiger partial charge in [0, 0.05) is 32.2 Å². The highest BCUT2D eigenvalue weighted by atomic mass is 16.5. The maximum absolute atomic E-state index is 12.1. The van der Waals surface area contributed by atoms with Crippen molar-refractivity contribution < 1.29 is 9.53 Å². The van der Waals surface area contributed by atoms with Gasteiger partial charge >= 0.3 is 0 Å². The summed E-state index contributed by atoms with van der Waals surface area (Å²) in [6.07, 6.45) is 3.23. The third kappa shape index (κ3) is 4.15. The maximum Gasteiger partial charge on any atom is 0.164 e. The lowest BCUT2D eigenvalue weighted by Gasteiger charge is -2.31. The van der Waals surface area contributed by atoms with Gasteiger partial charge in [0.05, 0.1) is 6.10 Å². The average Bonchev–Trinajstić information content (AvgIpc) is 2.45. The largest absolute Gasteiger partial charge is 0.380 e. The number of Topliss-reactive ketones (excluding diaryl/α,β-unsaturated/α-hetero) is 1. The molecule has 0 radical (unpaired) electrons. The van der Waals surface area contributed by atoms with Crippen molar-refractivity contribution in [3.8, 4) is 0 Å². The van der Waals surface area contributed by atoms with E-state index in [0.29, 0.717) is 12.5 Å². The van der Waals surface area contributed by atoms with Gasteiger partial charge < -0.3 is 9.64 Å². The summed E-state index contributed by atoms with van der Waals surface area (Å²) in [6.45, 7) is 4.90. The third-order valence-electron chi connectivity index (χ3n) is 3.79. The molecule has 0 amide bonds. The molecule has 0 saturated carbocycles. The van der Waals surface area contributed by atoms with E-state index in [9.17, 15) is 4.79 Å². The third-order valence-corrected chi connectivity index (χ3v) is 3.79. The number of rotatable bonds is 5. The molecular formula is C16H23NO2. The lowest BCUT2D eigenvalue weighted by molar-refractivity contribution is 0.0309. The molecule has 1 saturated heterocycles. The number of hydrogen-bond acceptors (Lipinski definition) is 3. The van der Waals surface area contributed by atoms with Crippen LogP contribution in [0, 0.1) is 6.92 Å². The van der Waals surface area contributed by atoms with Crippen LogP contribution in [0.15, 0.2) is 24.3 Å². The monoisotopic (exact) mass is 261 g/mol. The zero-order valence-corrected chi connectivity index (χ0v) is 11.9. The van der Waals surface area contributed by atoms with Crippen LogP contribution in [0.3, 0.4) is 0 Å². The first-order valence-electron chi connectivity index (χ1n) is 7.04. The van der Waals surface area contributed by atoms with Gasteiger partial charge in [-0.15, -0.1) is 0 Å². The van der Waals surface area contributed by atoms with Gasteiger partial charge in [0.15, 0.2) is 5.78 Å². The molecule has 1 atom stereocenters. The van der Waals surface area contributed by atoms with Crippen molar-refractivity contribution in [3.05, 3.63) is 35.4 Å². The molecule has 0 spiro atoms. The van der Waals surface area contributed by atoms with Gasteiger partial charge in [-0.05, 0) is 32.4 Å². The molecule has 19 heavy (non-hydrogen) atoms. The van der Waals surface area contributed by atoms with E-state index in [-0.39, 0.29) is 5.78 Å². The second-order valence-corrected chi connectivity index (χ2v) is 5.34. The molecule has 0 bridgehead atoms. The number of methoxy groups -OCH3 is 1. The second-order valence-electron chi connectivity index (χ2n) is 5.34. The zero-order chi connectivity index (χ0) is 13.7. The molecule has 1 aromatic rings. The Morgan fingerprint density at radius 3 is 3.05 bits per heavy atom. The number of carbonyl (C=O) groups excluding carboxylic acids is 1. The number of likely N-dealkylation sites (tertiary alicyclic amines) is 1. The van der Waals surface area contributed by atoms with E-state index in [4.69, 9.17) is 4.74 Å². The summed E-state index contributed by atoms with van der Waals surface area (Å²) in [5, 5.41) is 0. The summed E-state index contributed by atoms with van der Waals surface area (Å²) in [6, 6.07) is 7.84. The van der Waals surface area contributed by atoms with Crippen LogP contribution in [0.1, 0.15) is 35.2 Å². The quantitative estimate of drug-likeness (QED) is 0.763. The summed E-state index contributed by atoms with van der Waals surface area (Å²) < 4.78 is 5.40. The first-order valence-corrected chi connectivity index (χ1v) is 7.04. The molecule has 1 aliphatic heterocycles. The fourth-order valence-corrected chi connectivity index (χ4v) is 2.63. The Labute approximate surface area is 115 Å². The number of carbonyl (C=O) groups is 1. The van der Waals surface area contributed by atoms with Crippen LogP contribution in [0.2, 0.25) is 0 Å². The zero-order valence-electron chi connectivity index (χ0n) is 11.9. The van der Waals surface area contributed by atoms with Gasteiger partial charge in [-0.1, -0.05) is 23.8 Å². The van der Waals surface area contributed by atoms with E-state index in [2.05, 4.69) is 4.90 Å². The number of benzene rings is 1. The Hall–Kier alpha value is -1.19. The number of ketones is 1. The van der Waals surface area contributed by atoms with Crippen molar-refractivity contribution in [2.75, 3.05) is 26.7 Å². The number of hydrogen-bond donors (Lipinski definition) is 0. The molecule has 3 nitrogen and oxygen atoms in total. The van der Waals surface area contributed by atoms with Gasteiger partial charge in [0.25, 0.3) is 0 Å². The van der Waals surface area contributed by atoms with Crippen LogP contribution in [0.5, 0.6) is 0 Å². The molecule has 3 heteroatoms. The van der Waals surface area contributed by atoms with E-state index in [1.54, 1.807) is 7.11 Å². The summed E-state index contributed by atoms with van der Waals surface area (Å²) in [5.74, 6) is 0.239. The van der Waals surface area contributed by atoms with E-state index in [0.717, 1.165) is 43.6 Å². The first kappa shape index (κ1) is 14.2. The van der Waals surface area contributed by atoms with Gasteiger partial charge in [-0.3, -0.25) is 4.79 Å². The van der Waals surface area contributed by atoms with Crippen molar-refractivity contribution in [1.82, 2.24) is 4.90 Å². The summed E-state index contributed by atoms with van der Waals surface area (Å²) >= 11 is 0. The predicted octanol–water partition coefficient (Wildman–Crippen LogP) is 2.68. The van der Waals surface area contributed by atoms with Crippen molar-refractivity contribution in [3.63, 3.8) is 0 Å². The highest BCUT2D eigenvalue weighted by Crippen LogP contribution is 2.14. The standard InChI is InChI=1S/C16H23NO2/c1-13-5-3-6-14(11-13)16(18)8-10-17-9-4-7-15(12-17)19-2/h3,5-6,11,15H,4,7-10,12H2,1-2H3. The number of ether oxygens (including phenoxy) is 1. The molecule has 1 aliphatic rings. The molecule has 1 fully saturated rings. The normalized spacial score (nSPS) is 20.4. The number of piperidine rings is 1. The minimum Gasteiger partial charge on any atom is -0.380 e. The average molecular weight is 261 g/mol. The minimum atomic E-state index is 0.239. The molecule has 0 aliphatic carbocycles. The number of nitrogens with zero attached hydrogens (tertiary/aromatic N) is 1. The minimum absolute atomic E-state index is 0.239. The SMILES string of the molecule is COC1CCCN(CCC(=O)c2cccc(C)c2)C1. The van der Waals surface area contributed by atoms with Crippen LogP contribution < -0.4 is 0 Å². The summed E-state index contributed by atoms with van der Waals surface area (Å²) in [5.41, 5.74) is 1.98. The first-order chi connectivity index (χ1) is 9.19. The summed E-state index contributed by atoms with van der Waals surface area (Å²) in [4.78, 5) is 14.5. The Morgan fingerprint density at radius 1 is 1.47 bits per heavy atom. The van der Waals surface area contributed by atoms with Crippen molar-refractivity contribution in [2.24, 2.45) is 0 Å². The van der Waals surface area contributed by atoms with E-state index in [1.165, 1.54) is 0 Å². The van der Waals surface area contributed by atoms with Gasteiger partial charge in [0.2, 0.25) is 0 Å². The van der Waals surface area contributed by atoms with Crippen molar-refractivity contribution >= 4 is 5.78 Å². The maximum atomic E-state index is 12.1. The second kappa shape index (κ2) is 6.83. The van der Waals surface area contributed by atoms with Gasteiger partial charge in [0.1, 0.15) is 0 Å². The smallest absolute Gasteiger partial charge is 0.164 e. The Balaban J connectivity index is 1.83. The van der Waals surface area contributed by atoms with Gasteiger partial charge in [-0.2, -0.15) is 0 Å². The molecule has 1 heterocycles. The van der Waals surface area contributed by atoms with Crippen LogP contribution >= 0.6 is 0 Å². The van der Waals surface area contributed by atoms with Crippen LogP contribution in [-0.2, 0) is 4.74 Å². The highest BCUT2D eigenvalue weighted by molar-refractivity contribution is 5.96. The molecule has 104 valence electrons. The van der Waals surface area contributed by atoms with Crippen molar-refractivity contribution in [2.45, 2.75) is 32.3 Å². The highest BCUT2D eigenvalue weighted by Gasteiger charge is 2.19. The van der Waals surface area contributed by atoms with Crippen LogP contribution in [0.25, 0.3) is 0 Å². The predicted molar refractivity (Wildman–Crippen MR) is 76.6 cm³/mol. The fraction of sp³-hybridized carbons (Fsp3) is 0.562. The lowest BCUT2D eigenvalue weighted by Crippen LogP contribution is -2.40. The van der Waals surface area contributed by atoms with E-state index >= 15 is 0 Å². The Kier molecular flexibility index (Phi) is 5.11. The Bertz CT molecular complexity index is 431. The van der Waals surface area contributed by atoms with Crippen molar-refractivity contribution in [1.29, 1.82) is 0 Å². The summed E-state index contributed by atoms with van der Waals surface area (Å²) in [7, 11) is 1.77. The molecule has 1 aromatic carbocycles. The Morgan fingerprint density at radius 2 is 2.32 bits per heavy atom. The van der Waals surface area contributed by atoms with Gasteiger partial charge in [-0.25, -0.2) is 0 Å². The van der Waals surface area contributed by atoms with E-state index in [1.807, 2.05) is 31.2 Å². The molecule has 0 N–H and O–H groups in total.